The molecule has 0 N–H and O–H groups in total. The van der Waals surface area contributed by atoms with Crippen molar-refractivity contribution in [1.29, 1.82) is 0 Å². The molecule has 2 nitrogen and oxygen atoms in total. The molecule has 1 aromatic rings. The minimum atomic E-state index is 0.0382. The van der Waals surface area contributed by atoms with Gasteiger partial charge in [0.2, 0.25) is 0 Å². The van der Waals surface area contributed by atoms with Gasteiger partial charge in [-0.15, -0.1) is 0 Å². The highest BCUT2D eigenvalue weighted by Crippen LogP contribution is 1.99. The Bertz CT molecular complexity index is 402. The van der Waals surface area contributed by atoms with Gasteiger partial charge in [0.1, 0.15) is 6.54 Å². The van der Waals surface area contributed by atoms with Gasteiger partial charge in [0, 0.05) is 11.8 Å². The summed E-state index contributed by atoms with van der Waals surface area (Å²) >= 11 is 0. The van der Waals surface area contributed by atoms with Gasteiger partial charge in [0.05, 0.1) is 0 Å². The number of allylic oxidation sites excluding steroid dienone is 4. The first kappa shape index (κ1) is 12.1. The van der Waals surface area contributed by atoms with Gasteiger partial charge in [-0.2, -0.15) is 0 Å². The standard InChI is InChI=1S/C14H15NO/c1-2-3-4-8-11-15-12-14(16)13-9-6-5-7-10-13/h2-11H,12H2,1H3/b3-2-,8-4-,15-11+. The smallest absolute Gasteiger partial charge is 0.184 e. The van der Waals surface area contributed by atoms with E-state index < -0.39 is 0 Å². The van der Waals surface area contributed by atoms with Gasteiger partial charge in [-0.3, -0.25) is 9.79 Å². The predicted molar refractivity (Wildman–Crippen MR) is 68.1 cm³/mol. The third-order valence-corrected chi connectivity index (χ3v) is 1.94. The predicted octanol–water partition coefficient (Wildman–Crippen LogP) is 3.07. The second-order valence-electron chi connectivity index (χ2n) is 3.19. The summed E-state index contributed by atoms with van der Waals surface area (Å²) in [6.45, 7) is 2.14. The average Bonchev–Trinajstić information content (AvgIpc) is 2.34. The van der Waals surface area contributed by atoms with Crippen LogP contribution >= 0.6 is 0 Å². The zero-order valence-corrected chi connectivity index (χ0v) is 9.34. The first-order valence-electron chi connectivity index (χ1n) is 5.20. The van der Waals surface area contributed by atoms with Crippen molar-refractivity contribution in [2.75, 3.05) is 6.54 Å². The highest BCUT2D eigenvalue weighted by atomic mass is 16.1. The molecule has 1 aromatic carbocycles. The molecule has 2 heteroatoms. The van der Waals surface area contributed by atoms with Crippen LogP contribution in [0.1, 0.15) is 17.3 Å². The van der Waals surface area contributed by atoms with Crippen molar-refractivity contribution in [1.82, 2.24) is 0 Å². The summed E-state index contributed by atoms with van der Waals surface area (Å²) in [6, 6.07) is 9.19. The molecule has 0 atom stereocenters. The van der Waals surface area contributed by atoms with Crippen molar-refractivity contribution in [2.24, 2.45) is 4.99 Å². The third-order valence-electron chi connectivity index (χ3n) is 1.94. The van der Waals surface area contributed by atoms with E-state index >= 15 is 0 Å². The topological polar surface area (TPSA) is 29.4 Å². The van der Waals surface area contributed by atoms with Crippen LogP contribution in [0.15, 0.2) is 59.6 Å². The number of ketones is 1. The molecule has 1 rings (SSSR count). The van der Waals surface area contributed by atoms with Crippen LogP contribution in [0.25, 0.3) is 0 Å². The van der Waals surface area contributed by atoms with E-state index in [1.165, 1.54) is 0 Å². The van der Waals surface area contributed by atoms with E-state index in [9.17, 15) is 4.79 Å². The average molecular weight is 213 g/mol. The number of rotatable bonds is 5. The van der Waals surface area contributed by atoms with Gasteiger partial charge < -0.3 is 0 Å². The number of aliphatic imine (C=N–C) groups is 1. The van der Waals surface area contributed by atoms with Crippen LogP contribution in [0.5, 0.6) is 0 Å². The van der Waals surface area contributed by atoms with E-state index in [4.69, 9.17) is 0 Å². The molecule has 0 aliphatic carbocycles. The number of hydrogen-bond donors (Lipinski definition) is 0. The van der Waals surface area contributed by atoms with E-state index in [1.807, 2.05) is 43.4 Å². The molecule has 0 bridgehead atoms. The molecular formula is C14H15NO. The Hall–Kier alpha value is -1.96. The molecule has 0 spiro atoms. The van der Waals surface area contributed by atoms with Gasteiger partial charge in [-0.1, -0.05) is 48.6 Å². The molecule has 0 aromatic heterocycles. The van der Waals surface area contributed by atoms with E-state index in [-0.39, 0.29) is 12.3 Å². The third kappa shape index (κ3) is 4.51. The minimum Gasteiger partial charge on any atom is -0.292 e. The van der Waals surface area contributed by atoms with Gasteiger partial charge in [0.25, 0.3) is 0 Å². The number of nitrogens with zero attached hydrogens (tertiary/aromatic N) is 1. The second kappa shape index (κ2) is 7.35. The first-order valence-corrected chi connectivity index (χ1v) is 5.20. The van der Waals surface area contributed by atoms with Crippen molar-refractivity contribution < 1.29 is 4.79 Å². The van der Waals surface area contributed by atoms with Crippen molar-refractivity contribution >= 4 is 12.0 Å². The molecule has 16 heavy (non-hydrogen) atoms. The fourth-order valence-corrected chi connectivity index (χ4v) is 1.14. The van der Waals surface area contributed by atoms with Crippen LogP contribution in [-0.2, 0) is 0 Å². The second-order valence-corrected chi connectivity index (χ2v) is 3.19. The zero-order valence-electron chi connectivity index (χ0n) is 9.34. The number of benzene rings is 1. The Morgan fingerprint density at radius 3 is 2.62 bits per heavy atom. The quantitative estimate of drug-likeness (QED) is 0.420. The van der Waals surface area contributed by atoms with Crippen LogP contribution < -0.4 is 0 Å². The van der Waals surface area contributed by atoms with Crippen molar-refractivity contribution in [3.63, 3.8) is 0 Å². The van der Waals surface area contributed by atoms with Crippen molar-refractivity contribution in [3.05, 3.63) is 60.2 Å². The lowest BCUT2D eigenvalue weighted by atomic mass is 10.1. The van der Waals surface area contributed by atoms with Crippen LogP contribution in [-0.4, -0.2) is 18.5 Å². The van der Waals surface area contributed by atoms with Gasteiger partial charge in [0.15, 0.2) is 5.78 Å². The molecule has 82 valence electrons. The molecule has 0 unspecified atom stereocenters. The summed E-state index contributed by atoms with van der Waals surface area (Å²) < 4.78 is 0. The van der Waals surface area contributed by atoms with Crippen molar-refractivity contribution in [2.45, 2.75) is 6.92 Å². The summed E-state index contributed by atoms with van der Waals surface area (Å²) in [4.78, 5) is 15.6. The Balaban J connectivity index is 2.42. The van der Waals surface area contributed by atoms with E-state index in [1.54, 1.807) is 24.4 Å². The Morgan fingerprint density at radius 2 is 1.94 bits per heavy atom. The van der Waals surface area contributed by atoms with Gasteiger partial charge in [-0.05, 0) is 13.0 Å². The van der Waals surface area contributed by atoms with Crippen LogP contribution in [0.4, 0.5) is 0 Å². The molecule has 0 fully saturated rings. The van der Waals surface area contributed by atoms with E-state index in [2.05, 4.69) is 4.99 Å². The number of carbonyl (C=O) groups is 1. The minimum absolute atomic E-state index is 0.0382. The van der Waals surface area contributed by atoms with Crippen LogP contribution in [0.3, 0.4) is 0 Å². The largest absolute Gasteiger partial charge is 0.292 e. The maximum Gasteiger partial charge on any atom is 0.184 e. The number of carbonyl (C=O) groups excluding carboxylic acids is 1. The Kier molecular flexibility index (Phi) is 5.56. The maximum absolute atomic E-state index is 11.6. The summed E-state index contributed by atoms with van der Waals surface area (Å²) in [5.74, 6) is 0.0382. The fraction of sp³-hybridized carbons (Fsp3) is 0.143. The molecule has 0 radical (unpaired) electrons. The summed E-state index contributed by atoms with van der Waals surface area (Å²) in [7, 11) is 0. The van der Waals surface area contributed by atoms with Gasteiger partial charge >= 0.3 is 0 Å². The van der Waals surface area contributed by atoms with E-state index in [0.29, 0.717) is 5.56 Å². The molecule has 0 aliphatic heterocycles. The lowest BCUT2D eigenvalue weighted by Crippen LogP contribution is -2.02. The summed E-state index contributed by atoms with van der Waals surface area (Å²) in [6.07, 6.45) is 9.15. The highest BCUT2D eigenvalue weighted by molar-refractivity contribution is 5.98. The van der Waals surface area contributed by atoms with Crippen LogP contribution in [0, 0.1) is 0 Å². The Morgan fingerprint density at radius 1 is 1.19 bits per heavy atom. The molecule has 0 saturated carbocycles. The normalized spacial score (nSPS) is 11.8. The molecule has 0 amide bonds. The lowest BCUT2D eigenvalue weighted by Gasteiger charge is -1.95. The zero-order chi connectivity index (χ0) is 11.6. The number of hydrogen-bond acceptors (Lipinski definition) is 2. The summed E-state index contributed by atoms with van der Waals surface area (Å²) in [5.41, 5.74) is 0.706. The first-order chi connectivity index (χ1) is 7.84. The number of Topliss-reactive ketones (excluding diaryl/α,β-unsaturated/α-hetero) is 1. The SMILES string of the molecule is C\C=C/C=C\C=N\CC(=O)c1ccccc1. The van der Waals surface area contributed by atoms with Crippen molar-refractivity contribution in [3.8, 4) is 0 Å². The lowest BCUT2D eigenvalue weighted by molar-refractivity contribution is 0.100. The molecular weight excluding hydrogens is 198 g/mol. The molecule has 0 aliphatic rings. The van der Waals surface area contributed by atoms with E-state index in [0.717, 1.165) is 0 Å². The monoisotopic (exact) mass is 213 g/mol. The molecule has 0 saturated heterocycles. The Labute approximate surface area is 96.0 Å². The fourth-order valence-electron chi connectivity index (χ4n) is 1.14. The molecule has 0 heterocycles. The maximum atomic E-state index is 11.6. The van der Waals surface area contributed by atoms with Crippen LogP contribution in [0.2, 0.25) is 0 Å². The highest BCUT2D eigenvalue weighted by Gasteiger charge is 2.01. The van der Waals surface area contributed by atoms with Gasteiger partial charge in [-0.25, -0.2) is 0 Å². The summed E-state index contributed by atoms with van der Waals surface area (Å²) in [5, 5.41) is 0.